The number of halogens is 1. The molecule has 0 amide bonds. The van der Waals surface area contributed by atoms with Crippen molar-refractivity contribution in [3.05, 3.63) is 29.4 Å². The summed E-state index contributed by atoms with van der Waals surface area (Å²) in [5.74, 6) is 0. The molecule has 74 valence electrons. The van der Waals surface area contributed by atoms with Crippen molar-refractivity contribution in [1.29, 1.82) is 0 Å². The van der Waals surface area contributed by atoms with Gasteiger partial charge in [-0.25, -0.2) is 0 Å². The molecule has 2 aromatic rings. The Morgan fingerprint density at radius 1 is 1.50 bits per heavy atom. The molecule has 0 radical (unpaired) electrons. The first kappa shape index (κ1) is 9.94. The largest absolute Gasteiger partial charge is 0.261 e. The van der Waals surface area contributed by atoms with Crippen molar-refractivity contribution in [1.82, 2.24) is 4.98 Å². The molecule has 0 aromatic carbocycles. The number of hydrogen-bond donors (Lipinski definition) is 0. The molecule has 0 fully saturated rings. The first-order chi connectivity index (χ1) is 6.81. The SMILES string of the molecule is CCC(Cl)Cc1nccc2sccc12. The van der Waals surface area contributed by atoms with Gasteiger partial charge < -0.3 is 0 Å². The maximum atomic E-state index is 6.13. The van der Waals surface area contributed by atoms with E-state index in [0.717, 1.165) is 18.5 Å². The van der Waals surface area contributed by atoms with Gasteiger partial charge in [0.25, 0.3) is 0 Å². The Kier molecular flexibility index (Phi) is 3.04. The topological polar surface area (TPSA) is 12.9 Å². The molecule has 2 aromatic heterocycles. The summed E-state index contributed by atoms with van der Waals surface area (Å²) in [6.45, 7) is 2.10. The molecule has 1 atom stereocenters. The van der Waals surface area contributed by atoms with Crippen molar-refractivity contribution in [3.8, 4) is 0 Å². The Labute approximate surface area is 92.7 Å². The maximum Gasteiger partial charge on any atom is 0.0505 e. The molecule has 0 saturated carbocycles. The molecule has 1 nitrogen and oxygen atoms in total. The van der Waals surface area contributed by atoms with Crippen molar-refractivity contribution in [2.75, 3.05) is 0 Å². The van der Waals surface area contributed by atoms with E-state index in [1.54, 1.807) is 11.3 Å². The van der Waals surface area contributed by atoms with Gasteiger partial charge in [0, 0.05) is 28.1 Å². The van der Waals surface area contributed by atoms with Gasteiger partial charge in [-0.2, -0.15) is 0 Å². The standard InChI is InChI=1S/C11H12ClNS/c1-2-8(12)7-10-9-4-6-14-11(9)3-5-13-10/h3-6,8H,2,7H2,1H3. The zero-order valence-electron chi connectivity index (χ0n) is 8.03. The van der Waals surface area contributed by atoms with E-state index in [4.69, 9.17) is 11.6 Å². The van der Waals surface area contributed by atoms with E-state index < -0.39 is 0 Å². The molecule has 0 aliphatic rings. The number of fused-ring (bicyclic) bond motifs is 1. The summed E-state index contributed by atoms with van der Waals surface area (Å²) in [5.41, 5.74) is 1.13. The minimum absolute atomic E-state index is 0.202. The van der Waals surface area contributed by atoms with E-state index in [1.165, 1.54) is 10.1 Å². The van der Waals surface area contributed by atoms with Crippen molar-refractivity contribution >= 4 is 33.0 Å². The molecule has 0 aliphatic carbocycles. The van der Waals surface area contributed by atoms with Gasteiger partial charge >= 0.3 is 0 Å². The normalized spacial score (nSPS) is 13.3. The lowest BCUT2D eigenvalue weighted by Gasteiger charge is -2.06. The number of thiophene rings is 1. The first-order valence-electron chi connectivity index (χ1n) is 4.76. The molecule has 1 unspecified atom stereocenters. The third kappa shape index (κ3) is 1.91. The van der Waals surface area contributed by atoms with Gasteiger partial charge in [-0.3, -0.25) is 4.98 Å². The Morgan fingerprint density at radius 3 is 3.14 bits per heavy atom. The summed E-state index contributed by atoms with van der Waals surface area (Å²) >= 11 is 7.88. The maximum absolute atomic E-state index is 6.13. The van der Waals surface area contributed by atoms with E-state index in [9.17, 15) is 0 Å². The van der Waals surface area contributed by atoms with Crippen molar-refractivity contribution < 1.29 is 0 Å². The molecule has 2 rings (SSSR count). The molecule has 0 spiro atoms. The fourth-order valence-corrected chi connectivity index (χ4v) is 2.42. The van der Waals surface area contributed by atoms with E-state index in [0.29, 0.717) is 0 Å². The molecule has 3 heteroatoms. The van der Waals surface area contributed by atoms with Crippen LogP contribution in [0, 0.1) is 0 Å². The van der Waals surface area contributed by atoms with Crippen LogP contribution in [-0.4, -0.2) is 10.4 Å². The second-order valence-electron chi connectivity index (χ2n) is 3.30. The lowest BCUT2D eigenvalue weighted by molar-refractivity contribution is 0.792. The third-order valence-electron chi connectivity index (χ3n) is 2.32. The average molecular weight is 226 g/mol. The van der Waals surface area contributed by atoms with Crippen molar-refractivity contribution in [2.24, 2.45) is 0 Å². The number of hydrogen-bond acceptors (Lipinski definition) is 2. The van der Waals surface area contributed by atoms with Crippen molar-refractivity contribution in [2.45, 2.75) is 25.1 Å². The predicted octanol–water partition coefficient (Wildman–Crippen LogP) is 3.86. The number of pyridine rings is 1. The fraction of sp³-hybridized carbons (Fsp3) is 0.364. The first-order valence-corrected chi connectivity index (χ1v) is 6.08. The molecular weight excluding hydrogens is 214 g/mol. The summed E-state index contributed by atoms with van der Waals surface area (Å²) in [6, 6.07) is 4.18. The van der Waals surface area contributed by atoms with Crippen LogP contribution in [0.2, 0.25) is 0 Å². The Bertz CT molecular complexity index is 424. The lowest BCUT2D eigenvalue weighted by Crippen LogP contribution is -2.03. The third-order valence-corrected chi connectivity index (χ3v) is 3.67. The fourth-order valence-electron chi connectivity index (χ4n) is 1.47. The lowest BCUT2D eigenvalue weighted by atomic mass is 10.1. The van der Waals surface area contributed by atoms with Crippen LogP contribution in [0.3, 0.4) is 0 Å². The second kappa shape index (κ2) is 4.28. The summed E-state index contributed by atoms with van der Waals surface area (Å²) in [4.78, 5) is 4.39. The molecule has 14 heavy (non-hydrogen) atoms. The van der Waals surface area contributed by atoms with E-state index >= 15 is 0 Å². The second-order valence-corrected chi connectivity index (χ2v) is 4.86. The summed E-state index contributed by atoms with van der Waals surface area (Å²) < 4.78 is 1.30. The van der Waals surface area contributed by atoms with Gasteiger partial charge in [0.15, 0.2) is 0 Å². The molecule has 0 aliphatic heterocycles. The number of rotatable bonds is 3. The van der Waals surface area contributed by atoms with Crippen molar-refractivity contribution in [3.63, 3.8) is 0 Å². The number of aromatic nitrogens is 1. The number of alkyl halides is 1. The minimum Gasteiger partial charge on any atom is -0.261 e. The van der Waals surface area contributed by atoms with Crippen LogP contribution in [0.25, 0.3) is 10.1 Å². The molecule has 0 bridgehead atoms. The molecule has 0 saturated heterocycles. The van der Waals surface area contributed by atoms with Gasteiger partial charge in [-0.1, -0.05) is 6.92 Å². The highest BCUT2D eigenvalue weighted by Crippen LogP contribution is 2.24. The molecular formula is C11H12ClNS. The van der Waals surface area contributed by atoms with Crippen LogP contribution < -0.4 is 0 Å². The highest BCUT2D eigenvalue weighted by atomic mass is 35.5. The summed E-state index contributed by atoms with van der Waals surface area (Å²) in [6.07, 6.45) is 3.73. The quantitative estimate of drug-likeness (QED) is 0.723. The van der Waals surface area contributed by atoms with Gasteiger partial charge in [-0.05, 0) is 23.9 Å². The zero-order valence-corrected chi connectivity index (χ0v) is 9.61. The van der Waals surface area contributed by atoms with Gasteiger partial charge in [-0.15, -0.1) is 22.9 Å². The highest BCUT2D eigenvalue weighted by Gasteiger charge is 2.08. The minimum atomic E-state index is 0.202. The average Bonchev–Trinajstić information content (AvgIpc) is 2.66. The Hall–Kier alpha value is -0.600. The Balaban J connectivity index is 2.36. The van der Waals surface area contributed by atoms with Crippen LogP contribution >= 0.6 is 22.9 Å². The van der Waals surface area contributed by atoms with Crippen LogP contribution in [0.15, 0.2) is 23.7 Å². The van der Waals surface area contributed by atoms with Crippen LogP contribution in [-0.2, 0) is 6.42 Å². The molecule has 2 heterocycles. The van der Waals surface area contributed by atoms with E-state index in [2.05, 4.69) is 29.4 Å². The summed E-state index contributed by atoms with van der Waals surface area (Å²) in [7, 11) is 0. The van der Waals surface area contributed by atoms with Crippen LogP contribution in [0.4, 0.5) is 0 Å². The van der Waals surface area contributed by atoms with E-state index in [1.807, 2.05) is 6.20 Å². The van der Waals surface area contributed by atoms with Gasteiger partial charge in [0.2, 0.25) is 0 Å². The van der Waals surface area contributed by atoms with Crippen LogP contribution in [0.5, 0.6) is 0 Å². The monoisotopic (exact) mass is 225 g/mol. The zero-order chi connectivity index (χ0) is 9.97. The smallest absolute Gasteiger partial charge is 0.0505 e. The van der Waals surface area contributed by atoms with E-state index in [-0.39, 0.29) is 5.38 Å². The Morgan fingerprint density at radius 2 is 2.36 bits per heavy atom. The summed E-state index contributed by atoms with van der Waals surface area (Å²) in [5, 5.41) is 3.56. The van der Waals surface area contributed by atoms with Crippen LogP contribution in [0.1, 0.15) is 19.0 Å². The number of nitrogens with zero attached hydrogens (tertiary/aromatic N) is 1. The molecule has 0 N–H and O–H groups in total. The highest BCUT2D eigenvalue weighted by molar-refractivity contribution is 7.17. The van der Waals surface area contributed by atoms with Gasteiger partial charge in [0.05, 0.1) is 5.69 Å². The predicted molar refractivity (Wildman–Crippen MR) is 63.3 cm³/mol. The van der Waals surface area contributed by atoms with Gasteiger partial charge in [0.1, 0.15) is 0 Å².